The van der Waals surface area contributed by atoms with E-state index in [0.29, 0.717) is 17.2 Å². The molecular weight excluding hydrogens is 758 g/mol. The van der Waals surface area contributed by atoms with E-state index in [4.69, 9.17) is 22.6 Å². The summed E-state index contributed by atoms with van der Waals surface area (Å²) < 4.78 is 33.6. The standard InChI is InChI=1S/C50H52O6P2/c1-31(2)39-23-18-34(7)28-46(39)53-57(51)52-44-26-21-37-14-10-12-16-42(37)49(44)50-43-17-13-11-15-38(43)22-27-45(50)54-58(55-47-29-35(8)19-24-40(47)32(3)4)56-48-30-36(9)20-25-41(48)33(5)6/h10-33,51H,1-9H3. The van der Waals surface area contributed by atoms with Crippen molar-refractivity contribution in [2.45, 2.75) is 80.1 Å². The molecule has 0 aliphatic heterocycles. The van der Waals surface area contributed by atoms with E-state index in [1.54, 1.807) is 0 Å². The van der Waals surface area contributed by atoms with Gasteiger partial charge >= 0.3 is 17.2 Å². The summed E-state index contributed by atoms with van der Waals surface area (Å²) in [5, 5.41) is 3.89. The van der Waals surface area contributed by atoms with Crippen LogP contribution in [0.4, 0.5) is 0 Å². The molecule has 1 N–H and O–H groups in total. The van der Waals surface area contributed by atoms with Crippen molar-refractivity contribution in [3.8, 4) is 39.9 Å². The zero-order chi connectivity index (χ0) is 41.1. The molecular formula is C50H52O6P2. The fourth-order valence-electron chi connectivity index (χ4n) is 7.25. The monoisotopic (exact) mass is 810 g/mol. The molecule has 0 heterocycles. The van der Waals surface area contributed by atoms with Crippen LogP contribution in [-0.2, 0) is 0 Å². The van der Waals surface area contributed by atoms with Crippen LogP contribution in [0.25, 0.3) is 32.7 Å². The number of benzene rings is 7. The Kier molecular flexibility index (Phi) is 12.6. The third-order valence-electron chi connectivity index (χ3n) is 10.3. The van der Waals surface area contributed by atoms with Gasteiger partial charge in [-0.3, -0.25) is 0 Å². The highest BCUT2D eigenvalue weighted by Crippen LogP contribution is 2.53. The van der Waals surface area contributed by atoms with Gasteiger partial charge < -0.3 is 27.5 Å². The Morgan fingerprint density at radius 1 is 0.397 bits per heavy atom. The average Bonchev–Trinajstić information content (AvgIpc) is 3.17. The second-order valence-corrected chi connectivity index (χ2v) is 17.7. The molecule has 0 saturated carbocycles. The van der Waals surface area contributed by atoms with Gasteiger partial charge in [-0.1, -0.05) is 139 Å². The van der Waals surface area contributed by atoms with Crippen LogP contribution in [0.15, 0.2) is 127 Å². The van der Waals surface area contributed by atoms with Gasteiger partial charge in [0.2, 0.25) is 0 Å². The van der Waals surface area contributed by atoms with E-state index in [1.807, 2.05) is 61.5 Å². The molecule has 298 valence electrons. The fraction of sp³-hybridized carbons (Fsp3) is 0.240. The fourth-order valence-corrected chi connectivity index (χ4v) is 8.99. The van der Waals surface area contributed by atoms with Crippen LogP contribution in [0.2, 0.25) is 0 Å². The second-order valence-electron chi connectivity index (χ2n) is 15.8. The third-order valence-corrected chi connectivity index (χ3v) is 12.0. The summed E-state index contributed by atoms with van der Waals surface area (Å²) in [6.45, 7) is 19.0. The van der Waals surface area contributed by atoms with Crippen molar-refractivity contribution in [1.82, 2.24) is 0 Å². The van der Waals surface area contributed by atoms with Gasteiger partial charge in [-0.25, -0.2) is 0 Å². The number of rotatable bonds is 14. The molecule has 0 aliphatic rings. The van der Waals surface area contributed by atoms with Crippen LogP contribution in [0.3, 0.4) is 0 Å². The van der Waals surface area contributed by atoms with Gasteiger partial charge in [0.15, 0.2) is 0 Å². The predicted molar refractivity (Wildman–Crippen MR) is 242 cm³/mol. The van der Waals surface area contributed by atoms with Crippen molar-refractivity contribution < 1.29 is 27.5 Å². The molecule has 58 heavy (non-hydrogen) atoms. The van der Waals surface area contributed by atoms with Crippen LogP contribution in [0.1, 0.15) is 92.7 Å². The van der Waals surface area contributed by atoms with Crippen LogP contribution in [0, 0.1) is 20.8 Å². The van der Waals surface area contributed by atoms with Crippen molar-refractivity contribution in [1.29, 1.82) is 0 Å². The van der Waals surface area contributed by atoms with Crippen molar-refractivity contribution >= 4 is 38.7 Å². The zero-order valence-corrected chi connectivity index (χ0v) is 36.5. The van der Waals surface area contributed by atoms with E-state index < -0.39 is 17.2 Å². The molecule has 7 rings (SSSR count). The lowest BCUT2D eigenvalue weighted by Crippen LogP contribution is -2.07. The molecule has 0 aromatic heterocycles. The average molecular weight is 811 g/mol. The van der Waals surface area contributed by atoms with Crippen LogP contribution < -0.4 is 22.6 Å². The summed E-state index contributed by atoms with van der Waals surface area (Å²) in [7, 11) is -4.48. The lowest BCUT2D eigenvalue weighted by atomic mass is 9.92. The Morgan fingerprint density at radius 3 is 1.16 bits per heavy atom. The molecule has 1 atom stereocenters. The first-order chi connectivity index (χ1) is 27.9. The quantitative estimate of drug-likeness (QED) is 0.110. The van der Waals surface area contributed by atoms with Crippen molar-refractivity contribution in [2.75, 3.05) is 0 Å². The molecule has 0 radical (unpaired) electrons. The van der Waals surface area contributed by atoms with E-state index in [2.05, 4.69) is 128 Å². The summed E-state index contributed by atoms with van der Waals surface area (Å²) in [5.41, 5.74) is 7.85. The van der Waals surface area contributed by atoms with Gasteiger partial charge in [0.25, 0.3) is 0 Å². The molecule has 7 aromatic carbocycles. The maximum absolute atomic E-state index is 11.6. The molecule has 0 amide bonds. The van der Waals surface area contributed by atoms with Crippen LogP contribution in [0.5, 0.6) is 28.7 Å². The van der Waals surface area contributed by atoms with E-state index in [1.165, 1.54) is 0 Å². The minimum atomic E-state index is -2.40. The van der Waals surface area contributed by atoms with Gasteiger partial charge in [0.05, 0.1) is 0 Å². The highest BCUT2D eigenvalue weighted by molar-refractivity contribution is 7.43. The summed E-state index contributed by atoms with van der Waals surface area (Å²) in [6.07, 6.45) is 0. The van der Waals surface area contributed by atoms with Crippen molar-refractivity contribution in [3.63, 3.8) is 0 Å². The van der Waals surface area contributed by atoms with Crippen LogP contribution in [-0.4, -0.2) is 4.89 Å². The van der Waals surface area contributed by atoms with E-state index in [-0.39, 0.29) is 17.8 Å². The largest absolute Gasteiger partial charge is 0.530 e. The van der Waals surface area contributed by atoms with E-state index in [9.17, 15) is 4.89 Å². The molecule has 8 heteroatoms. The minimum Gasteiger partial charge on any atom is -0.418 e. The Hall–Kier alpha value is -5.12. The number of hydrogen-bond acceptors (Lipinski definition) is 6. The third kappa shape index (κ3) is 9.11. The molecule has 7 aromatic rings. The number of fused-ring (bicyclic) bond motifs is 2. The smallest absolute Gasteiger partial charge is 0.418 e. The first-order valence-electron chi connectivity index (χ1n) is 19.9. The SMILES string of the molecule is Cc1ccc(C(C)C)c(OP(O)Oc2ccc3ccccc3c2-c2c(OP(Oc3cc(C)ccc3C(C)C)Oc3cc(C)ccc3C(C)C)ccc3ccccc23)c1. The summed E-state index contributed by atoms with van der Waals surface area (Å²) in [4.78, 5) is 11.6. The lowest BCUT2D eigenvalue weighted by molar-refractivity contribution is 0.378. The normalized spacial score (nSPS) is 12.2. The molecule has 0 bridgehead atoms. The van der Waals surface area contributed by atoms with Crippen molar-refractivity contribution in [2.24, 2.45) is 0 Å². The van der Waals surface area contributed by atoms with Crippen molar-refractivity contribution in [3.05, 3.63) is 161 Å². The first-order valence-corrected chi connectivity index (χ1v) is 22.1. The molecule has 0 spiro atoms. The molecule has 1 unspecified atom stereocenters. The Labute approximate surface area is 345 Å². The van der Waals surface area contributed by atoms with Gasteiger partial charge in [-0.2, -0.15) is 0 Å². The first kappa shape index (κ1) is 41.1. The van der Waals surface area contributed by atoms with E-state index in [0.717, 1.165) is 77.6 Å². The summed E-state index contributed by atoms with van der Waals surface area (Å²) in [6, 6.07) is 42.9. The number of hydrogen-bond donors (Lipinski definition) is 1. The lowest BCUT2D eigenvalue weighted by Gasteiger charge is -2.25. The van der Waals surface area contributed by atoms with Gasteiger partial charge in [0, 0.05) is 11.1 Å². The maximum Gasteiger partial charge on any atom is 0.530 e. The van der Waals surface area contributed by atoms with Crippen LogP contribution >= 0.6 is 17.2 Å². The van der Waals surface area contributed by atoms with Gasteiger partial charge in [0.1, 0.15) is 28.7 Å². The topological polar surface area (TPSA) is 66.4 Å². The molecule has 0 aliphatic carbocycles. The Bertz CT molecular complexity index is 2500. The molecule has 6 nitrogen and oxygen atoms in total. The highest BCUT2D eigenvalue weighted by Gasteiger charge is 2.29. The highest BCUT2D eigenvalue weighted by atomic mass is 31.2. The number of aryl methyl sites for hydroxylation is 3. The minimum absolute atomic E-state index is 0.192. The second kappa shape index (κ2) is 17.8. The summed E-state index contributed by atoms with van der Waals surface area (Å²) >= 11 is 0. The van der Waals surface area contributed by atoms with Gasteiger partial charge in [-0.05, 0) is 124 Å². The zero-order valence-electron chi connectivity index (χ0n) is 34.7. The van der Waals surface area contributed by atoms with Gasteiger partial charge in [-0.15, -0.1) is 0 Å². The summed E-state index contributed by atoms with van der Waals surface area (Å²) in [5.74, 6) is 3.65. The Balaban J connectivity index is 1.39. The maximum atomic E-state index is 11.6. The predicted octanol–water partition coefficient (Wildman–Crippen LogP) is 15.4. The Morgan fingerprint density at radius 2 is 0.741 bits per heavy atom. The molecule has 0 saturated heterocycles. The van der Waals surface area contributed by atoms with E-state index >= 15 is 0 Å². The molecule has 0 fully saturated rings.